The fraction of sp³-hybridized carbons (Fsp3) is 0. The Bertz CT molecular complexity index is 449. The minimum Gasteiger partial charge on any atom is -0.366 e. The SMILES string of the molecule is N#Cc1cc(C=O)c(I)c(C(N)=O)c1. The summed E-state index contributed by atoms with van der Waals surface area (Å²) in [5.74, 6) is -0.644. The number of amides is 1. The Morgan fingerprint density at radius 1 is 1.57 bits per heavy atom. The first-order valence-corrected chi connectivity index (χ1v) is 4.66. The van der Waals surface area contributed by atoms with Gasteiger partial charge in [-0.3, -0.25) is 9.59 Å². The Balaban J connectivity index is 3.51. The summed E-state index contributed by atoms with van der Waals surface area (Å²) in [6.45, 7) is 0. The number of rotatable bonds is 2. The maximum atomic E-state index is 11.0. The van der Waals surface area contributed by atoms with Crippen molar-refractivity contribution in [2.75, 3.05) is 0 Å². The van der Waals surface area contributed by atoms with E-state index in [1.165, 1.54) is 12.1 Å². The monoisotopic (exact) mass is 300 g/mol. The van der Waals surface area contributed by atoms with E-state index in [9.17, 15) is 9.59 Å². The molecule has 1 rings (SSSR count). The summed E-state index contributed by atoms with van der Waals surface area (Å²) in [6.07, 6.45) is 0.592. The van der Waals surface area contributed by atoms with Gasteiger partial charge in [0.15, 0.2) is 6.29 Å². The molecule has 1 aromatic rings. The van der Waals surface area contributed by atoms with Gasteiger partial charge in [-0.2, -0.15) is 5.26 Å². The van der Waals surface area contributed by atoms with E-state index in [2.05, 4.69) is 0 Å². The largest absolute Gasteiger partial charge is 0.366 e. The van der Waals surface area contributed by atoms with Crippen molar-refractivity contribution in [3.63, 3.8) is 0 Å². The molecule has 0 saturated heterocycles. The third-order valence-electron chi connectivity index (χ3n) is 1.62. The van der Waals surface area contributed by atoms with Crippen LogP contribution in [0.5, 0.6) is 0 Å². The van der Waals surface area contributed by atoms with Crippen molar-refractivity contribution in [2.24, 2.45) is 5.73 Å². The molecule has 0 saturated carbocycles. The van der Waals surface area contributed by atoms with E-state index in [0.717, 1.165) is 0 Å². The number of nitrogens with two attached hydrogens (primary N) is 1. The van der Waals surface area contributed by atoms with Gasteiger partial charge in [0.2, 0.25) is 5.91 Å². The molecule has 5 heteroatoms. The van der Waals surface area contributed by atoms with E-state index >= 15 is 0 Å². The normalized spacial score (nSPS) is 9.14. The predicted molar refractivity (Wildman–Crippen MR) is 57.8 cm³/mol. The van der Waals surface area contributed by atoms with Crippen LogP contribution in [0.4, 0.5) is 0 Å². The zero-order chi connectivity index (χ0) is 10.7. The summed E-state index contributed by atoms with van der Waals surface area (Å²) in [7, 11) is 0. The van der Waals surface area contributed by atoms with Crippen LogP contribution < -0.4 is 5.73 Å². The van der Waals surface area contributed by atoms with E-state index in [-0.39, 0.29) is 11.1 Å². The molecule has 0 aliphatic rings. The van der Waals surface area contributed by atoms with Gasteiger partial charge in [0, 0.05) is 9.13 Å². The van der Waals surface area contributed by atoms with E-state index in [4.69, 9.17) is 11.0 Å². The first-order chi connectivity index (χ1) is 6.60. The number of nitrogens with zero attached hydrogens (tertiary/aromatic N) is 1. The Labute approximate surface area is 93.8 Å². The second-order valence-electron chi connectivity index (χ2n) is 2.52. The lowest BCUT2D eigenvalue weighted by molar-refractivity contribution is 0.0999. The molecule has 0 heterocycles. The number of nitriles is 1. The Hall–Kier alpha value is -1.42. The Kier molecular flexibility index (Phi) is 3.19. The van der Waals surface area contributed by atoms with Crippen molar-refractivity contribution in [3.05, 3.63) is 32.4 Å². The molecule has 0 radical (unpaired) electrons. The zero-order valence-corrected chi connectivity index (χ0v) is 9.11. The van der Waals surface area contributed by atoms with Crippen molar-refractivity contribution in [2.45, 2.75) is 0 Å². The summed E-state index contributed by atoms with van der Waals surface area (Å²) in [4.78, 5) is 21.6. The zero-order valence-electron chi connectivity index (χ0n) is 6.95. The second-order valence-corrected chi connectivity index (χ2v) is 3.60. The van der Waals surface area contributed by atoms with Gasteiger partial charge >= 0.3 is 0 Å². The van der Waals surface area contributed by atoms with Crippen molar-refractivity contribution in [3.8, 4) is 6.07 Å². The number of hydrogen-bond donors (Lipinski definition) is 1. The number of carbonyl (C=O) groups excluding carboxylic acids is 2. The molecule has 0 aliphatic heterocycles. The molecule has 0 fully saturated rings. The maximum absolute atomic E-state index is 11.0. The molecule has 0 aromatic heterocycles. The third-order valence-corrected chi connectivity index (χ3v) is 2.83. The van der Waals surface area contributed by atoms with E-state index in [1.54, 1.807) is 0 Å². The summed E-state index contributed by atoms with van der Waals surface area (Å²) in [5, 5.41) is 8.63. The highest BCUT2D eigenvalue weighted by atomic mass is 127. The first-order valence-electron chi connectivity index (χ1n) is 3.58. The van der Waals surface area contributed by atoms with E-state index in [1.807, 2.05) is 28.7 Å². The van der Waals surface area contributed by atoms with Crippen molar-refractivity contribution in [1.82, 2.24) is 0 Å². The molecule has 4 nitrogen and oxygen atoms in total. The van der Waals surface area contributed by atoms with Crippen LogP contribution >= 0.6 is 22.6 Å². The summed E-state index contributed by atoms with van der Waals surface area (Å²) < 4.78 is 0.476. The highest BCUT2D eigenvalue weighted by Crippen LogP contribution is 2.18. The summed E-state index contributed by atoms with van der Waals surface area (Å²) in [6, 6.07) is 4.64. The molecule has 1 amide bonds. The molecule has 70 valence electrons. The van der Waals surface area contributed by atoms with Gasteiger partial charge in [0.05, 0.1) is 17.2 Å². The highest BCUT2D eigenvalue weighted by Gasteiger charge is 2.11. The number of benzene rings is 1. The van der Waals surface area contributed by atoms with E-state index < -0.39 is 5.91 Å². The lowest BCUT2D eigenvalue weighted by Gasteiger charge is -2.03. The van der Waals surface area contributed by atoms with Gasteiger partial charge in [-0.1, -0.05) is 0 Å². The second kappa shape index (κ2) is 4.19. The quantitative estimate of drug-likeness (QED) is 0.655. The van der Waals surface area contributed by atoms with Crippen LogP contribution in [-0.2, 0) is 0 Å². The van der Waals surface area contributed by atoms with Gasteiger partial charge in [-0.05, 0) is 34.7 Å². The number of carbonyl (C=O) groups is 2. The number of halogens is 1. The fourth-order valence-corrected chi connectivity index (χ4v) is 1.68. The molecule has 1 aromatic carbocycles. The lowest BCUT2D eigenvalue weighted by Crippen LogP contribution is -2.14. The van der Waals surface area contributed by atoms with Gasteiger partial charge in [0.25, 0.3) is 0 Å². The van der Waals surface area contributed by atoms with Crippen LogP contribution in [0, 0.1) is 14.9 Å². The Morgan fingerprint density at radius 3 is 2.64 bits per heavy atom. The first kappa shape index (κ1) is 10.7. The number of primary amides is 1. The molecule has 0 unspecified atom stereocenters. The lowest BCUT2D eigenvalue weighted by atomic mass is 10.1. The minimum absolute atomic E-state index is 0.201. The van der Waals surface area contributed by atoms with Gasteiger partial charge in [-0.25, -0.2) is 0 Å². The van der Waals surface area contributed by atoms with Crippen LogP contribution in [0.2, 0.25) is 0 Å². The fourth-order valence-electron chi connectivity index (χ4n) is 0.977. The standard InChI is InChI=1S/C9H5IN2O2/c10-8-6(4-13)1-5(3-11)2-7(8)9(12)14/h1-2,4H,(H2,12,14). The molecule has 2 N–H and O–H groups in total. The average molecular weight is 300 g/mol. The van der Waals surface area contributed by atoms with Crippen LogP contribution in [0.25, 0.3) is 0 Å². The topological polar surface area (TPSA) is 83.9 Å². The number of hydrogen-bond acceptors (Lipinski definition) is 3. The maximum Gasteiger partial charge on any atom is 0.249 e. The molecular weight excluding hydrogens is 295 g/mol. The smallest absolute Gasteiger partial charge is 0.249 e. The molecule has 0 atom stereocenters. The highest BCUT2D eigenvalue weighted by molar-refractivity contribution is 14.1. The van der Waals surface area contributed by atoms with Gasteiger partial charge < -0.3 is 5.73 Å². The van der Waals surface area contributed by atoms with Crippen molar-refractivity contribution >= 4 is 34.8 Å². The van der Waals surface area contributed by atoms with Gasteiger partial charge in [-0.15, -0.1) is 0 Å². The third kappa shape index (κ3) is 1.90. The summed E-state index contributed by atoms with van der Waals surface area (Å²) in [5.41, 5.74) is 5.85. The van der Waals surface area contributed by atoms with Crippen LogP contribution in [0.1, 0.15) is 26.3 Å². The van der Waals surface area contributed by atoms with Crippen LogP contribution in [0.3, 0.4) is 0 Å². The molecule has 0 spiro atoms. The number of aldehydes is 1. The molecular formula is C9H5IN2O2. The minimum atomic E-state index is -0.644. The van der Waals surface area contributed by atoms with E-state index in [0.29, 0.717) is 15.4 Å². The summed E-state index contributed by atoms with van der Waals surface area (Å²) >= 11 is 1.85. The predicted octanol–water partition coefficient (Wildman–Crippen LogP) is 1.07. The average Bonchev–Trinajstić information content (AvgIpc) is 2.17. The van der Waals surface area contributed by atoms with Crippen molar-refractivity contribution in [1.29, 1.82) is 5.26 Å². The van der Waals surface area contributed by atoms with Crippen LogP contribution in [0.15, 0.2) is 12.1 Å². The molecule has 14 heavy (non-hydrogen) atoms. The molecule has 0 aliphatic carbocycles. The van der Waals surface area contributed by atoms with Crippen molar-refractivity contribution < 1.29 is 9.59 Å². The Morgan fingerprint density at radius 2 is 2.21 bits per heavy atom. The van der Waals surface area contributed by atoms with Gasteiger partial charge in [0.1, 0.15) is 0 Å². The van der Waals surface area contributed by atoms with Crippen LogP contribution in [-0.4, -0.2) is 12.2 Å². The molecule has 0 bridgehead atoms.